The number of rotatable bonds is 24. The number of phenols is 4. The molecule has 76 heavy (non-hydrogen) atoms. The zero-order valence-corrected chi connectivity index (χ0v) is 47.3. The van der Waals surface area contributed by atoms with E-state index in [0.717, 1.165) is 250 Å². The minimum Gasteiger partial charge on any atom is -0.508 e. The van der Waals surface area contributed by atoms with Crippen molar-refractivity contribution in [2.75, 3.05) is 0 Å². The summed E-state index contributed by atoms with van der Waals surface area (Å²) in [7, 11) is 0. The maximum atomic E-state index is 12.8. The van der Waals surface area contributed by atoms with E-state index in [-0.39, 0.29) is 71.1 Å². The number of unbranched alkanes of at least 4 members (excludes halogenated alkanes) is 8. The highest BCUT2D eigenvalue weighted by molar-refractivity contribution is 5.63. The van der Waals surface area contributed by atoms with E-state index in [4.69, 9.17) is 18.9 Å². The first kappa shape index (κ1) is 56.0. The number of aromatic hydroxyl groups is 4. The van der Waals surface area contributed by atoms with E-state index in [1.54, 1.807) is 0 Å². The second-order valence-corrected chi connectivity index (χ2v) is 24.1. The van der Waals surface area contributed by atoms with Crippen molar-refractivity contribution in [2.24, 2.45) is 0 Å². The van der Waals surface area contributed by atoms with E-state index in [1.807, 2.05) is 24.3 Å². The fourth-order valence-electron chi connectivity index (χ4n) is 14.1. The summed E-state index contributed by atoms with van der Waals surface area (Å²) in [5.41, 5.74) is 7.31. The van der Waals surface area contributed by atoms with Crippen LogP contribution in [0.4, 0.5) is 0 Å². The summed E-state index contributed by atoms with van der Waals surface area (Å²) in [6.45, 7) is 8.98. The molecular formula is C68H96O8. The third-order valence-electron chi connectivity index (χ3n) is 18.4. The van der Waals surface area contributed by atoms with Crippen LogP contribution in [0.25, 0.3) is 0 Å². The SMILES string of the molecule is CCCCC[C@@H]1c2cc(c(OC3CCCC3)cc2O)[C@H](CCCCC)c2cc(c(OC3CCCC3)cc2O)[C@H](CCCCC)c2cc(c(OC3CCCC3)cc2O)[C@H](CCCCC)c2cc1c(OC1CCCC1)cc2O. The molecule has 0 aromatic heterocycles. The van der Waals surface area contributed by atoms with E-state index in [2.05, 4.69) is 52.0 Å². The number of phenolic OH excluding ortho intramolecular Hbond substituents is 4. The Kier molecular flexibility index (Phi) is 20.1. The summed E-state index contributed by atoms with van der Waals surface area (Å²) in [5.74, 6) is 2.52. The molecule has 4 N–H and O–H groups in total. The minimum absolute atomic E-state index is 0.0429. The quantitative estimate of drug-likeness (QED) is 0.0513. The smallest absolute Gasteiger partial charge is 0.127 e. The molecular weight excluding hydrogens is 945 g/mol. The lowest BCUT2D eigenvalue weighted by Gasteiger charge is -2.32. The van der Waals surface area contributed by atoms with Crippen LogP contribution < -0.4 is 18.9 Å². The summed E-state index contributed by atoms with van der Waals surface area (Å²) in [6, 6.07) is 16.7. The van der Waals surface area contributed by atoms with E-state index in [0.29, 0.717) is 23.0 Å². The maximum absolute atomic E-state index is 12.8. The molecule has 4 atom stereocenters. The van der Waals surface area contributed by atoms with Crippen molar-refractivity contribution in [1.82, 2.24) is 0 Å². The number of fused-ring (bicyclic) bond motifs is 8. The van der Waals surface area contributed by atoms with Gasteiger partial charge in [0.15, 0.2) is 0 Å². The van der Waals surface area contributed by atoms with Gasteiger partial charge in [0.2, 0.25) is 0 Å². The normalized spacial score (nSPS) is 21.4. The summed E-state index contributed by atoms with van der Waals surface area (Å²) >= 11 is 0. The molecule has 8 bridgehead atoms. The molecule has 9 rings (SSSR count). The highest BCUT2D eigenvalue weighted by atomic mass is 16.5. The molecule has 0 spiro atoms. The Morgan fingerprint density at radius 3 is 0.671 bits per heavy atom. The first-order valence-corrected chi connectivity index (χ1v) is 31.3. The van der Waals surface area contributed by atoms with Crippen molar-refractivity contribution >= 4 is 0 Å². The zero-order chi connectivity index (χ0) is 53.0. The second kappa shape index (κ2) is 27.2. The molecule has 4 fully saturated rings. The molecule has 0 unspecified atom stereocenters. The average Bonchev–Trinajstić information content (AvgIpc) is 4.32. The van der Waals surface area contributed by atoms with Crippen LogP contribution in [0, 0.1) is 0 Å². The number of hydrogen-bond donors (Lipinski definition) is 4. The van der Waals surface area contributed by atoms with Crippen LogP contribution in [-0.4, -0.2) is 44.8 Å². The molecule has 0 radical (unpaired) electrons. The predicted molar refractivity (Wildman–Crippen MR) is 308 cm³/mol. The van der Waals surface area contributed by atoms with Gasteiger partial charge in [0.05, 0.1) is 24.4 Å². The van der Waals surface area contributed by atoms with Gasteiger partial charge in [-0.25, -0.2) is 0 Å². The van der Waals surface area contributed by atoms with Crippen LogP contribution in [0.5, 0.6) is 46.0 Å². The van der Waals surface area contributed by atoms with Crippen molar-refractivity contribution in [3.8, 4) is 46.0 Å². The molecule has 4 aromatic rings. The van der Waals surface area contributed by atoms with Crippen LogP contribution in [0.1, 0.15) is 301 Å². The summed E-state index contributed by atoms with van der Waals surface area (Å²) in [6.07, 6.45) is 32.1. The second-order valence-electron chi connectivity index (χ2n) is 24.1. The average molecular weight is 1040 g/mol. The summed E-state index contributed by atoms with van der Waals surface area (Å²) < 4.78 is 28.5. The highest BCUT2D eigenvalue weighted by Gasteiger charge is 2.36. The zero-order valence-electron chi connectivity index (χ0n) is 47.3. The highest BCUT2D eigenvalue weighted by Crippen LogP contribution is 2.54. The molecule has 4 aromatic carbocycles. The first-order chi connectivity index (χ1) is 37.2. The van der Waals surface area contributed by atoms with Crippen LogP contribution in [-0.2, 0) is 0 Å². The van der Waals surface area contributed by atoms with Crippen molar-refractivity contribution in [3.05, 3.63) is 93.0 Å². The molecule has 0 amide bonds. The van der Waals surface area contributed by atoms with E-state index in [9.17, 15) is 20.4 Å². The first-order valence-electron chi connectivity index (χ1n) is 31.3. The van der Waals surface area contributed by atoms with E-state index >= 15 is 0 Å². The molecule has 0 saturated heterocycles. The van der Waals surface area contributed by atoms with Gasteiger partial charge in [0.1, 0.15) is 46.0 Å². The lowest BCUT2D eigenvalue weighted by molar-refractivity contribution is 0.205. The van der Waals surface area contributed by atoms with Gasteiger partial charge in [-0.3, -0.25) is 0 Å². The van der Waals surface area contributed by atoms with Crippen molar-refractivity contribution in [1.29, 1.82) is 0 Å². The molecule has 0 aliphatic heterocycles. The number of ether oxygens (including phenoxy) is 4. The number of hydrogen-bond acceptors (Lipinski definition) is 8. The Morgan fingerprint density at radius 1 is 0.289 bits per heavy atom. The van der Waals surface area contributed by atoms with Gasteiger partial charge in [-0.2, -0.15) is 0 Å². The summed E-state index contributed by atoms with van der Waals surface area (Å²) in [4.78, 5) is 0. The molecule has 4 saturated carbocycles. The molecule has 0 heterocycles. The monoisotopic (exact) mass is 1040 g/mol. The van der Waals surface area contributed by atoms with Crippen LogP contribution in [0.2, 0.25) is 0 Å². The molecule has 5 aliphatic rings. The Balaban J connectivity index is 1.38. The Labute approximate surface area is 457 Å². The lowest BCUT2D eigenvalue weighted by Crippen LogP contribution is -2.18. The molecule has 416 valence electrons. The van der Waals surface area contributed by atoms with Crippen molar-refractivity contribution in [2.45, 2.75) is 281 Å². The Morgan fingerprint density at radius 2 is 0.487 bits per heavy atom. The van der Waals surface area contributed by atoms with Gasteiger partial charge in [0, 0.05) is 92.4 Å². The van der Waals surface area contributed by atoms with Crippen LogP contribution >= 0.6 is 0 Å². The van der Waals surface area contributed by atoms with Gasteiger partial charge in [-0.1, -0.05) is 105 Å². The standard InChI is InChI=1S/C68H96O8/c1-5-9-13-33-49-53-37-58(66(41-61(53)69)74-46-27-19-20-28-46)51(35-15-11-7-3)55-39-60(68(43-63(55)71)76-48-31-23-24-32-48)52(36-16-12-8-4)56-40-59(67(44-64(56)72)75-47-29-21-22-30-47)50(34-14-10-6-2)54-38-57(49)65(42-62(54)70)73-45-25-17-18-26-45/h37-52,69-72H,5-36H2,1-4H3/t49-,50-,51-,52-/m1/s1. The van der Waals surface area contributed by atoms with Gasteiger partial charge in [-0.15, -0.1) is 0 Å². The predicted octanol–water partition coefficient (Wildman–Crippen LogP) is 19.0. The molecule has 8 heteroatoms. The number of benzene rings is 4. The lowest BCUT2D eigenvalue weighted by atomic mass is 9.76. The molecule has 5 aliphatic carbocycles. The van der Waals surface area contributed by atoms with Gasteiger partial charge >= 0.3 is 0 Å². The van der Waals surface area contributed by atoms with Crippen molar-refractivity contribution in [3.63, 3.8) is 0 Å². The third-order valence-corrected chi connectivity index (χ3v) is 18.4. The fraction of sp³-hybridized carbons (Fsp3) is 0.647. The van der Waals surface area contributed by atoms with Crippen molar-refractivity contribution < 1.29 is 39.4 Å². The van der Waals surface area contributed by atoms with Crippen LogP contribution in [0.15, 0.2) is 48.5 Å². The Hall–Kier alpha value is -4.72. The topological polar surface area (TPSA) is 118 Å². The summed E-state index contributed by atoms with van der Waals surface area (Å²) in [5, 5.41) is 51.2. The van der Waals surface area contributed by atoms with Gasteiger partial charge in [0.25, 0.3) is 0 Å². The maximum Gasteiger partial charge on any atom is 0.127 e. The largest absolute Gasteiger partial charge is 0.508 e. The van der Waals surface area contributed by atoms with E-state index < -0.39 is 0 Å². The molecule has 8 nitrogen and oxygen atoms in total. The fourth-order valence-corrected chi connectivity index (χ4v) is 14.1. The van der Waals surface area contributed by atoms with Gasteiger partial charge < -0.3 is 39.4 Å². The van der Waals surface area contributed by atoms with Gasteiger partial charge in [-0.05, 0) is 153 Å². The third kappa shape index (κ3) is 13.4. The van der Waals surface area contributed by atoms with E-state index in [1.165, 1.54) is 0 Å². The minimum atomic E-state index is -0.277. The van der Waals surface area contributed by atoms with Crippen LogP contribution in [0.3, 0.4) is 0 Å². The Bertz CT molecular complexity index is 2130.